The molecule has 8 nitrogen and oxygen atoms in total. The third-order valence-corrected chi connectivity index (χ3v) is 5.01. The quantitative estimate of drug-likeness (QED) is 0.857. The van der Waals surface area contributed by atoms with Gasteiger partial charge in [-0.15, -0.1) is 0 Å². The second-order valence-corrected chi connectivity index (χ2v) is 6.91. The first-order chi connectivity index (χ1) is 13.1. The number of para-hydroxylation sites is 1. The first kappa shape index (κ1) is 17.5. The Bertz CT molecular complexity index is 930. The van der Waals surface area contributed by atoms with Crippen LogP contribution in [0.15, 0.2) is 40.1 Å². The number of benzene rings is 1. The molecule has 1 saturated heterocycles. The molecule has 2 aliphatic heterocycles. The molecule has 8 heteroatoms. The van der Waals surface area contributed by atoms with E-state index in [1.54, 1.807) is 11.7 Å². The van der Waals surface area contributed by atoms with E-state index in [9.17, 15) is 4.79 Å². The van der Waals surface area contributed by atoms with Gasteiger partial charge in [0.2, 0.25) is 11.9 Å². The fourth-order valence-corrected chi connectivity index (χ4v) is 3.50. The van der Waals surface area contributed by atoms with E-state index in [0.717, 1.165) is 37.7 Å². The minimum Gasteiger partial charge on any atom is -0.496 e. The number of hydrogen-bond acceptors (Lipinski definition) is 7. The van der Waals surface area contributed by atoms with E-state index in [1.165, 1.54) is 6.07 Å². The molecule has 2 aromatic rings. The molecule has 1 atom stereocenters. The number of methoxy groups -OCH3 is 1. The summed E-state index contributed by atoms with van der Waals surface area (Å²) in [7, 11) is 3.74. The fraction of sp³-hybridized carbons (Fsp3) is 0.421. The summed E-state index contributed by atoms with van der Waals surface area (Å²) in [4.78, 5) is 26.7. The number of fused-ring (bicyclic) bond motifs is 1. The summed E-state index contributed by atoms with van der Waals surface area (Å²) < 4.78 is 7.11. The number of rotatable bonds is 2. The Kier molecular flexibility index (Phi) is 4.57. The van der Waals surface area contributed by atoms with Gasteiger partial charge in [0.05, 0.1) is 7.11 Å². The average Bonchev–Trinajstić information content (AvgIpc) is 2.67. The average molecular weight is 368 g/mol. The summed E-state index contributed by atoms with van der Waals surface area (Å²) >= 11 is 0. The van der Waals surface area contributed by atoms with E-state index >= 15 is 0 Å². The van der Waals surface area contributed by atoms with Crippen LogP contribution in [-0.4, -0.2) is 65.6 Å². The summed E-state index contributed by atoms with van der Waals surface area (Å²) in [5.74, 6) is 1.96. The molecule has 3 heterocycles. The number of aliphatic imine (C=N–C) groups is 1. The topological polar surface area (TPSA) is 75.0 Å². The number of guanidine groups is 1. The number of likely N-dealkylation sites (N-methyl/N-ethyl adjacent to an activating group) is 1. The molecule has 0 radical (unpaired) electrons. The van der Waals surface area contributed by atoms with Gasteiger partial charge in [0, 0.05) is 43.5 Å². The van der Waals surface area contributed by atoms with Gasteiger partial charge in [0.1, 0.15) is 5.75 Å². The summed E-state index contributed by atoms with van der Waals surface area (Å²) in [5, 5.41) is 3.27. The van der Waals surface area contributed by atoms with Gasteiger partial charge in [-0.2, -0.15) is 0 Å². The molecule has 0 bridgehead atoms. The van der Waals surface area contributed by atoms with Gasteiger partial charge in [-0.05, 0) is 20.0 Å². The molecule has 2 aliphatic rings. The second kappa shape index (κ2) is 7.03. The Balaban J connectivity index is 1.82. The summed E-state index contributed by atoms with van der Waals surface area (Å²) in [5.41, 5.74) is 1.38. The summed E-state index contributed by atoms with van der Waals surface area (Å²) in [6.45, 7) is 5.50. The van der Waals surface area contributed by atoms with Crippen molar-refractivity contribution in [2.24, 2.45) is 4.99 Å². The van der Waals surface area contributed by atoms with Crippen LogP contribution in [0.2, 0.25) is 0 Å². The molecular weight excluding hydrogens is 344 g/mol. The van der Waals surface area contributed by atoms with E-state index in [-0.39, 0.29) is 5.56 Å². The zero-order chi connectivity index (χ0) is 19.0. The smallest absolute Gasteiger partial charge is 0.257 e. The number of hydrogen-bond donors (Lipinski definition) is 1. The molecule has 1 fully saturated rings. The lowest BCUT2D eigenvalue weighted by Crippen LogP contribution is -2.51. The zero-order valence-corrected chi connectivity index (χ0v) is 15.8. The number of aryl methyl sites for hydroxylation is 1. The highest BCUT2D eigenvalue weighted by atomic mass is 16.5. The summed E-state index contributed by atoms with van der Waals surface area (Å²) in [6, 6.07) is 9.19. The van der Waals surface area contributed by atoms with Crippen LogP contribution in [0.1, 0.15) is 17.4 Å². The van der Waals surface area contributed by atoms with Gasteiger partial charge >= 0.3 is 0 Å². The van der Waals surface area contributed by atoms with Crippen molar-refractivity contribution >= 4 is 11.9 Å². The third-order valence-electron chi connectivity index (χ3n) is 5.01. The third kappa shape index (κ3) is 3.28. The molecule has 0 amide bonds. The Morgan fingerprint density at radius 2 is 1.93 bits per heavy atom. The molecule has 1 aromatic carbocycles. The molecule has 4 rings (SSSR count). The largest absolute Gasteiger partial charge is 0.496 e. The number of nitrogens with zero attached hydrogens (tertiary/aromatic N) is 5. The summed E-state index contributed by atoms with van der Waals surface area (Å²) in [6.07, 6.45) is -0.521. The SMILES string of the molecule is COc1ccccc1[C@H]1N=C(N2CCN(C)CC2)Nc2nc(C)cc(=O)n21. The van der Waals surface area contributed by atoms with Crippen molar-refractivity contribution in [3.05, 3.63) is 51.9 Å². The van der Waals surface area contributed by atoms with Gasteiger partial charge in [-0.3, -0.25) is 14.7 Å². The number of nitrogens with one attached hydrogen (secondary N) is 1. The maximum Gasteiger partial charge on any atom is 0.257 e. The Morgan fingerprint density at radius 3 is 2.67 bits per heavy atom. The lowest BCUT2D eigenvalue weighted by atomic mass is 10.1. The Morgan fingerprint density at radius 1 is 1.19 bits per heavy atom. The number of ether oxygens (including phenoxy) is 1. The Hall–Kier alpha value is -2.87. The minimum atomic E-state index is -0.521. The van der Waals surface area contributed by atoms with E-state index in [4.69, 9.17) is 9.73 Å². The van der Waals surface area contributed by atoms with Crippen molar-refractivity contribution in [2.45, 2.75) is 13.1 Å². The maximum atomic E-state index is 12.7. The molecule has 142 valence electrons. The van der Waals surface area contributed by atoms with Crippen LogP contribution in [0.5, 0.6) is 5.75 Å². The monoisotopic (exact) mass is 368 g/mol. The normalized spacial score (nSPS) is 19.9. The van der Waals surface area contributed by atoms with Crippen LogP contribution >= 0.6 is 0 Å². The molecule has 0 aliphatic carbocycles. The van der Waals surface area contributed by atoms with Crippen LogP contribution in [0.25, 0.3) is 0 Å². The molecule has 1 aromatic heterocycles. The van der Waals surface area contributed by atoms with E-state index in [0.29, 0.717) is 17.4 Å². The Labute approximate surface area is 158 Å². The zero-order valence-electron chi connectivity index (χ0n) is 15.8. The lowest BCUT2D eigenvalue weighted by Gasteiger charge is -2.37. The van der Waals surface area contributed by atoms with Gasteiger partial charge in [-0.1, -0.05) is 18.2 Å². The van der Waals surface area contributed by atoms with Crippen molar-refractivity contribution in [1.29, 1.82) is 0 Å². The molecule has 0 spiro atoms. The minimum absolute atomic E-state index is 0.137. The molecule has 0 saturated carbocycles. The van der Waals surface area contributed by atoms with Crippen molar-refractivity contribution in [3.8, 4) is 5.75 Å². The van der Waals surface area contributed by atoms with Crippen molar-refractivity contribution in [2.75, 3.05) is 45.7 Å². The van der Waals surface area contributed by atoms with E-state index in [2.05, 4.69) is 27.1 Å². The highest BCUT2D eigenvalue weighted by Crippen LogP contribution is 2.32. The van der Waals surface area contributed by atoms with Crippen LogP contribution < -0.4 is 15.6 Å². The fourth-order valence-electron chi connectivity index (χ4n) is 3.50. The van der Waals surface area contributed by atoms with Gasteiger partial charge < -0.3 is 14.5 Å². The number of anilines is 1. The van der Waals surface area contributed by atoms with Crippen LogP contribution in [0.3, 0.4) is 0 Å². The predicted octanol–water partition coefficient (Wildman–Crippen LogP) is 1.14. The van der Waals surface area contributed by atoms with Crippen LogP contribution in [-0.2, 0) is 0 Å². The molecule has 1 N–H and O–H groups in total. The van der Waals surface area contributed by atoms with Gasteiger partial charge in [-0.25, -0.2) is 9.98 Å². The van der Waals surface area contributed by atoms with Crippen molar-refractivity contribution in [1.82, 2.24) is 19.4 Å². The van der Waals surface area contributed by atoms with E-state index < -0.39 is 6.17 Å². The first-order valence-electron chi connectivity index (χ1n) is 9.08. The van der Waals surface area contributed by atoms with Crippen molar-refractivity contribution < 1.29 is 4.74 Å². The highest BCUT2D eigenvalue weighted by molar-refractivity contribution is 5.93. The standard InChI is InChI=1S/C19H24N6O2/c1-13-12-16(26)25-17(14-6-4-5-7-15(14)27-3)21-18(22-19(25)20-13)24-10-8-23(2)9-11-24/h4-7,12,17H,8-11H2,1-3H3,(H,20,21,22)/t17-/m0/s1. The highest BCUT2D eigenvalue weighted by Gasteiger charge is 2.30. The van der Waals surface area contributed by atoms with Crippen LogP contribution in [0.4, 0.5) is 5.95 Å². The van der Waals surface area contributed by atoms with E-state index in [1.807, 2.05) is 31.2 Å². The van der Waals surface area contributed by atoms with Crippen molar-refractivity contribution in [3.63, 3.8) is 0 Å². The number of aromatic nitrogens is 2. The second-order valence-electron chi connectivity index (χ2n) is 6.91. The molecular formula is C19H24N6O2. The maximum absolute atomic E-state index is 12.7. The molecule has 27 heavy (non-hydrogen) atoms. The number of piperazine rings is 1. The first-order valence-corrected chi connectivity index (χ1v) is 9.08. The van der Waals surface area contributed by atoms with Gasteiger partial charge in [0.25, 0.3) is 5.56 Å². The molecule has 0 unspecified atom stereocenters. The predicted molar refractivity (Wildman–Crippen MR) is 104 cm³/mol. The van der Waals surface area contributed by atoms with Crippen LogP contribution in [0, 0.1) is 6.92 Å². The van der Waals surface area contributed by atoms with Gasteiger partial charge in [0.15, 0.2) is 6.17 Å². The lowest BCUT2D eigenvalue weighted by molar-refractivity contribution is 0.213.